The molecule has 1 heteroatoms. The van der Waals surface area contributed by atoms with Gasteiger partial charge in [-0.05, 0) is 0 Å². The summed E-state index contributed by atoms with van der Waals surface area (Å²) in [5.41, 5.74) is 0. The molecule has 6 heavy (non-hydrogen) atoms. The first-order chi connectivity index (χ1) is 2.64. The second-order valence-corrected chi connectivity index (χ2v) is 6.31. The average Bonchev–Trinajstić information content (AvgIpc) is 1.36. The molecule has 0 unspecified atom stereocenters. The van der Waals surface area contributed by atoms with Crippen molar-refractivity contribution >= 4 is 14.1 Å². The Kier molecular flexibility index (Phi) is 2.90. The van der Waals surface area contributed by atoms with Crippen molar-refractivity contribution in [1.82, 2.24) is 0 Å². The van der Waals surface area contributed by atoms with Gasteiger partial charge in [-0.2, -0.15) is 0 Å². The zero-order valence-electron chi connectivity index (χ0n) is 5.15. The van der Waals surface area contributed by atoms with E-state index < -0.39 is 0 Å². The van der Waals surface area contributed by atoms with Crippen molar-refractivity contribution in [2.75, 3.05) is 0 Å². The van der Waals surface area contributed by atoms with Gasteiger partial charge in [-0.3, -0.25) is 0 Å². The topological polar surface area (TPSA) is 0 Å². The van der Waals surface area contributed by atoms with Crippen LogP contribution in [0.4, 0.5) is 0 Å². The lowest BCUT2D eigenvalue weighted by molar-refractivity contribution is 1.04. The van der Waals surface area contributed by atoms with Gasteiger partial charge in [0.25, 0.3) is 14.1 Å². The highest BCUT2D eigenvalue weighted by molar-refractivity contribution is 6.57. The highest BCUT2D eigenvalue weighted by Gasteiger charge is 2.04. The molecule has 0 aromatic heterocycles. The maximum Gasteiger partial charge on any atom is 0.258 e. The van der Waals surface area contributed by atoms with Crippen LogP contribution in [-0.2, 0) is 0 Å². The lowest BCUT2D eigenvalue weighted by atomic mass is 10.6. The molecule has 0 N–H and O–H groups in total. The second kappa shape index (κ2) is 2.66. The van der Waals surface area contributed by atoms with E-state index in [9.17, 15) is 0 Å². The molecule has 0 atom stereocenters. The number of rotatable bonds is 1. The van der Waals surface area contributed by atoms with Crippen LogP contribution >= 0.6 is 0 Å². The Balaban J connectivity index is 2.99. The Labute approximate surface area is 44.9 Å². The molecular formula is C5H13Al. The summed E-state index contributed by atoms with van der Waals surface area (Å²) >= 11 is -0.244. The largest absolute Gasteiger partial charge is 0.258 e. The van der Waals surface area contributed by atoms with E-state index in [0.717, 1.165) is 4.78 Å². The van der Waals surface area contributed by atoms with E-state index >= 15 is 0 Å². The summed E-state index contributed by atoms with van der Waals surface area (Å²) in [5.74, 6) is 4.76. The van der Waals surface area contributed by atoms with Crippen LogP contribution in [0.1, 0.15) is 13.8 Å². The standard InChI is InChI=1S/C3H7.2CH3.Al/c1-3-2;;;/h3H,1-2H3;2*1H3;. The fraction of sp³-hybridized carbons (Fsp3) is 1.00. The van der Waals surface area contributed by atoms with Crippen molar-refractivity contribution in [3.8, 4) is 0 Å². The van der Waals surface area contributed by atoms with Crippen LogP contribution < -0.4 is 0 Å². The van der Waals surface area contributed by atoms with Crippen molar-refractivity contribution in [1.29, 1.82) is 0 Å². The van der Waals surface area contributed by atoms with Crippen LogP contribution in [0.25, 0.3) is 0 Å². The Bertz CT molecular complexity index is 24.9. The van der Waals surface area contributed by atoms with Gasteiger partial charge in [-0.1, -0.05) is 18.6 Å². The summed E-state index contributed by atoms with van der Waals surface area (Å²) in [6.07, 6.45) is 0. The molecule has 0 radical (unpaired) electrons. The minimum atomic E-state index is -0.244. The minimum Gasteiger partial charge on any atom is -0.106 e. The predicted octanol–water partition coefficient (Wildman–Crippen LogP) is 2.15. The Hall–Kier alpha value is 0.532. The molecule has 0 bridgehead atoms. The molecule has 0 aromatic carbocycles. The van der Waals surface area contributed by atoms with Gasteiger partial charge in [-0.25, -0.2) is 0 Å². The highest BCUT2D eigenvalue weighted by atomic mass is 27.2. The van der Waals surface area contributed by atoms with E-state index in [1.807, 2.05) is 0 Å². The molecule has 0 rings (SSSR count). The molecule has 0 fully saturated rings. The van der Waals surface area contributed by atoms with Gasteiger partial charge in [0, 0.05) is 0 Å². The number of hydrogen-bond donors (Lipinski definition) is 0. The van der Waals surface area contributed by atoms with E-state index in [-0.39, 0.29) is 14.1 Å². The van der Waals surface area contributed by atoms with E-state index in [2.05, 4.69) is 25.4 Å². The highest BCUT2D eigenvalue weighted by Crippen LogP contribution is 2.04. The van der Waals surface area contributed by atoms with Gasteiger partial charge < -0.3 is 0 Å². The third-order valence-corrected chi connectivity index (χ3v) is 4.00. The zero-order chi connectivity index (χ0) is 5.15. The fourth-order valence-electron chi connectivity index (χ4n) is 0. The smallest absolute Gasteiger partial charge is 0.106 e. The average molecular weight is 100 g/mol. The Morgan fingerprint density at radius 3 is 1.33 bits per heavy atom. The first-order valence-electron chi connectivity index (χ1n) is 2.64. The zero-order valence-corrected chi connectivity index (χ0v) is 6.31. The molecule has 0 amide bonds. The molecule has 0 aliphatic carbocycles. The predicted molar refractivity (Wildman–Crippen MR) is 32.6 cm³/mol. The Morgan fingerprint density at radius 1 is 1.17 bits per heavy atom. The fourth-order valence-corrected chi connectivity index (χ4v) is 0. The molecule has 0 aliphatic heterocycles. The summed E-state index contributed by atoms with van der Waals surface area (Å²) < 4.78 is 0.991. The molecule has 0 aliphatic rings. The molecule has 0 nitrogen and oxygen atoms in total. The van der Waals surface area contributed by atoms with E-state index in [1.54, 1.807) is 0 Å². The van der Waals surface area contributed by atoms with E-state index in [1.165, 1.54) is 0 Å². The van der Waals surface area contributed by atoms with Crippen LogP contribution in [0.15, 0.2) is 0 Å². The quantitative estimate of drug-likeness (QED) is 0.443. The summed E-state index contributed by atoms with van der Waals surface area (Å²) in [6.45, 7) is 4.60. The molecule has 0 heterocycles. The third-order valence-electron chi connectivity index (χ3n) is 1.33. The van der Waals surface area contributed by atoms with Crippen molar-refractivity contribution in [2.24, 2.45) is 0 Å². The minimum absolute atomic E-state index is 0.244. The molecule has 36 valence electrons. The summed E-state index contributed by atoms with van der Waals surface area (Å²) in [5, 5.41) is 0. The van der Waals surface area contributed by atoms with Crippen molar-refractivity contribution in [3.63, 3.8) is 0 Å². The normalized spacial score (nSPS) is 9.50. The van der Waals surface area contributed by atoms with Gasteiger partial charge >= 0.3 is 0 Å². The van der Waals surface area contributed by atoms with Crippen LogP contribution in [0.2, 0.25) is 16.4 Å². The van der Waals surface area contributed by atoms with E-state index in [0.29, 0.717) is 0 Å². The molecule has 0 spiro atoms. The second-order valence-electron chi connectivity index (χ2n) is 2.49. The van der Waals surface area contributed by atoms with Crippen molar-refractivity contribution in [3.05, 3.63) is 0 Å². The number of hydrogen-bond acceptors (Lipinski definition) is 0. The first kappa shape index (κ1) is 6.53. The Morgan fingerprint density at radius 2 is 1.33 bits per heavy atom. The summed E-state index contributed by atoms with van der Waals surface area (Å²) in [7, 11) is 0. The third kappa shape index (κ3) is 2.75. The van der Waals surface area contributed by atoms with Gasteiger partial charge in [0.1, 0.15) is 0 Å². The lowest BCUT2D eigenvalue weighted by Crippen LogP contribution is -2.03. The summed E-state index contributed by atoms with van der Waals surface area (Å²) in [4.78, 5) is 0. The van der Waals surface area contributed by atoms with Gasteiger partial charge in [0.15, 0.2) is 0 Å². The monoisotopic (exact) mass is 100 g/mol. The van der Waals surface area contributed by atoms with Crippen molar-refractivity contribution in [2.45, 2.75) is 30.2 Å². The summed E-state index contributed by atoms with van der Waals surface area (Å²) in [6, 6.07) is 0. The first-order valence-corrected chi connectivity index (χ1v) is 5.62. The van der Waals surface area contributed by atoms with E-state index in [4.69, 9.17) is 0 Å². The molecule has 0 saturated carbocycles. The van der Waals surface area contributed by atoms with Crippen molar-refractivity contribution < 1.29 is 0 Å². The maximum atomic E-state index is 2.38. The van der Waals surface area contributed by atoms with Crippen LogP contribution in [0.3, 0.4) is 0 Å². The van der Waals surface area contributed by atoms with Gasteiger partial charge in [-0.15, -0.1) is 11.6 Å². The van der Waals surface area contributed by atoms with Crippen LogP contribution in [0.5, 0.6) is 0 Å². The van der Waals surface area contributed by atoms with Gasteiger partial charge in [0.05, 0.1) is 0 Å². The van der Waals surface area contributed by atoms with Gasteiger partial charge in [0.2, 0.25) is 0 Å². The molecular weight excluding hydrogens is 87.0 g/mol. The molecule has 0 aromatic rings. The lowest BCUT2D eigenvalue weighted by Gasteiger charge is -1.98. The van der Waals surface area contributed by atoms with Crippen LogP contribution in [0, 0.1) is 0 Å². The molecule has 0 saturated heterocycles. The van der Waals surface area contributed by atoms with Crippen LogP contribution in [-0.4, -0.2) is 14.1 Å². The maximum absolute atomic E-state index is 2.38. The SMILES string of the molecule is C[CH](C)[Al]([CH3])[CH3].